The molecule has 1 aromatic carbocycles. The van der Waals surface area contributed by atoms with Gasteiger partial charge in [-0.05, 0) is 50.3 Å². The van der Waals surface area contributed by atoms with Crippen molar-refractivity contribution in [2.45, 2.75) is 45.6 Å². The fraction of sp³-hybridized carbons (Fsp3) is 0.526. The standard InChI is InChI=1S/C19H28N2O/c1-16-8-3-4-10-18(16)11-12-19(22)20-13-7-15-21-14-6-5-9-17(21)2/h3-4,8,10-12,17H,5-7,9,13-15H2,1-2H3,(H,20,22)/p+1/b12-11+/t17-/m0/s1. The highest BCUT2D eigenvalue weighted by molar-refractivity contribution is 5.91. The second kappa shape index (κ2) is 8.74. The highest BCUT2D eigenvalue weighted by Crippen LogP contribution is 2.08. The molecule has 0 radical (unpaired) electrons. The van der Waals surface area contributed by atoms with Crippen LogP contribution < -0.4 is 10.2 Å². The van der Waals surface area contributed by atoms with E-state index in [0.29, 0.717) is 0 Å². The quantitative estimate of drug-likeness (QED) is 0.611. The Morgan fingerprint density at radius 1 is 1.36 bits per heavy atom. The van der Waals surface area contributed by atoms with E-state index in [2.05, 4.69) is 25.2 Å². The molecule has 1 aliphatic heterocycles. The maximum atomic E-state index is 11.8. The minimum atomic E-state index is 0.00458. The van der Waals surface area contributed by atoms with Crippen molar-refractivity contribution >= 4 is 12.0 Å². The molecule has 1 aromatic rings. The number of likely N-dealkylation sites (tertiary alicyclic amines) is 1. The molecular formula is C19H29N2O+. The maximum absolute atomic E-state index is 11.8. The summed E-state index contributed by atoms with van der Waals surface area (Å²) >= 11 is 0. The van der Waals surface area contributed by atoms with Gasteiger partial charge in [-0.1, -0.05) is 24.3 Å². The highest BCUT2D eigenvalue weighted by atomic mass is 16.1. The molecule has 3 nitrogen and oxygen atoms in total. The molecule has 1 fully saturated rings. The first-order valence-electron chi connectivity index (χ1n) is 8.53. The number of quaternary nitrogens is 1. The van der Waals surface area contributed by atoms with Crippen molar-refractivity contribution in [2.75, 3.05) is 19.6 Å². The Labute approximate surface area is 134 Å². The summed E-state index contributed by atoms with van der Waals surface area (Å²) in [7, 11) is 0. The molecule has 0 bridgehead atoms. The monoisotopic (exact) mass is 301 g/mol. The van der Waals surface area contributed by atoms with Crippen molar-refractivity contribution < 1.29 is 9.69 Å². The molecule has 22 heavy (non-hydrogen) atoms. The van der Waals surface area contributed by atoms with Gasteiger partial charge < -0.3 is 10.2 Å². The second-order valence-electron chi connectivity index (χ2n) is 6.39. The molecule has 120 valence electrons. The normalized spacial score (nSPS) is 21.9. The van der Waals surface area contributed by atoms with E-state index in [-0.39, 0.29) is 5.91 Å². The molecular weight excluding hydrogens is 272 g/mol. The number of benzene rings is 1. The SMILES string of the molecule is Cc1ccccc1/C=C/C(=O)NCCC[NH+]1CCCC[C@@H]1C. The van der Waals surface area contributed by atoms with Gasteiger partial charge in [0.25, 0.3) is 0 Å². The molecule has 1 unspecified atom stereocenters. The van der Waals surface area contributed by atoms with Gasteiger partial charge in [-0.25, -0.2) is 0 Å². The van der Waals surface area contributed by atoms with Gasteiger partial charge in [-0.2, -0.15) is 0 Å². The summed E-state index contributed by atoms with van der Waals surface area (Å²) in [5.41, 5.74) is 2.29. The van der Waals surface area contributed by atoms with Crippen LogP contribution in [0.25, 0.3) is 6.08 Å². The Bertz CT molecular complexity index is 510. The average molecular weight is 301 g/mol. The number of rotatable bonds is 6. The molecule has 0 saturated carbocycles. The number of nitrogens with one attached hydrogen (secondary N) is 2. The first kappa shape index (κ1) is 16.8. The summed E-state index contributed by atoms with van der Waals surface area (Å²) in [6.07, 6.45) is 8.67. The Kier molecular flexibility index (Phi) is 6.66. The molecule has 2 rings (SSSR count). The van der Waals surface area contributed by atoms with E-state index < -0.39 is 0 Å². The highest BCUT2D eigenvalue weighted by Gasteiger charge is 2.20. The van der Waals surface area contributed by atoms with Crippen molar-refractivity contribution in [3.8, 4) is 0 Å². The summed E-state index contributed by atoms with van der Waals surface area (Å²) in [6.45, 7) is 7.64. The molecule has 2 atom stereocenters. The molecule has 2 N–H and O–H groups in total. The van der Waals surface area contributed by atoms with E-state index in [1.165, 1.54) is 37.9 Å². The minimum absolute atomic E-state index is 0.00458. The largest absolute Gasteiger partial charge is 0.352 e. The van der Waals surface area contributed by atoms with Crippen LogP contribution in [0.15, 0.2) is 30.3 Å². The van der Waals surface area contributed by atoms with Crippen LogP contribution in [0.3, 0.4) is 0 Å². The van der Waals surface area contributed by atoms with Crippen molar-refractivity contribution in [2.24, 2.45) is 0 Å². The average Bonchev–Trinajstić information content (AvgIpc) is 2.52. The Morgan fingerprint density at radius 3 is 2.95 bits per heavy atom. The lowest BCUT2D eigenvalue weighted by molar-refractivity contribution is -0.928. The summed E-state index contributed by atoms with van der Waals surface area (Å²) in [6, 6.07) is 8.87. The summed E-state index contributed by atoms with van der Waals surface area (Å²) in [5, 5.41) is 2.99. The van der Waals surface area contributed by atoms with Crippen molar-refractivity contribution in [3.05, 3.63) is 41.5 Å². The van der Waals surface area contributed by atoms with E-state index in [0.717, 1.165) is 24.6 Å². The van der Waals surface area contributed by atoms with Crippen LogP contribution in [0.4, 0.5) is 0 Å². The first-order chi connectivity index (χ1) is 10.7. The smallest absolute Gasteiger partial charge is 0.244 e. The molecule has 0 aromatic heterocycles. The van der Waals surface area contributed by atoms with Crippen LogP contribution in [-0.2, 0) is 4.79 Å². The van der Waals surface area contributed by atoms with Gasteiger partial charge in [0.15, 0.2) is 0 Å². The lowest BCUT2D eigenvalue weighted by Crippen LogP contribution is -3.16. The predicted octanol–water partition coefficient (Wildman–Crippen LogP) is 1.97. The number of carbonyl (C=O) groups is 1. The topological polar surface area (TPSA) is 33.5 Å². The molecule has 1 heterocycles. The number of hydrogen-bond donors (Lipinski definition) is 2. The fourth-order valence-electron chi connectivity index (χ4n) is 3.15. The van der Waals surface area contributed by atoms with Gasteiger partial charge in [-0.3, -0.25) is 4.79 Å². The van der Waals surface area contributed by atoms with Crippen LogP contribution in [0, 0.1) is 6.92 Å². The second-order valence-corrected chi connectivity index (χ2v) is 6.39. The molecule has 0 spiro atoms. The van der Waals surface area contributed by atoms with E-state index in [1.807, 2.05) is 24.3 Å². The zero-order valence-electron chi connectivity index (χ0n) is 13.9. The molecule has 3 heteroatoms. The zero-order chi connectivity index (χ0) is 15.8. The van der Waals surface area contributed by atoms with Crippen LogP contribution >= 0.6 is 0 Å². The van der Waals surface area contributed by atoms with Crippen LogP contribution in [-0.4, -0.2) is 31.6 Å². The fourth-order valence-corrected chi connectivity index (χ4v) is 3.15. The van der Waals surface area contributed by atoms with Crippen LogP contribution in [0.5, 0.6) is 0 Å². The third-order valence-electron chi connectivity index (χ3n) is 4.66. The number of hydrogen-bond acceptors (Lipinski definition) is 1. The van der Waals surface area contributed by atoms with Gasteiger partial charge in [0, 0.05) is 19.0 Å². The minimum Gasteiger partial charge on any atom is -0.352 e. The molecule has 1 aliphatic rings. The Balaban J connectivity index is 1.66. The third kappa shape index (κ3) is 5.30. The summed E-state index contributed by atoms with van der Waals surface area (Å²) < 4.78 is 0. The van der Waals surface area contributed by atoms with E-state index in [9.17, 15) is 4.79 Å². The maximum Gasteiger partial charge on any atom is 0.244 e. The van der Waals surface area contributed by atoms with E-state index in [1.54, 1.807) is 11.0 Å². The molecule has 1 amide bonds. The van der Waals surface area contributed by atoms with Gasteiger partial charge in [0.05, 0.1) is 19.1 Å². The predicted molar refractivity (Wildman–Crippen MR) is 91.8 cm³/mol. The molecule has 1 saturated heterocycles. The van der Waals surface area contributed by atoms with Crippen molar-refractivity contribution in [1.82, 2.24) is 5.32 Å². The Morgan fingerprint density at radius 2 is 2.18 bits per heavy atom. The number of carbonyl (C=O) groups excluding carboxylic acids is 1. The van der Waals surface area contributed by atoms with Gasteiger partial charge >= 0.3 is 0 Å². The van der Waals surface area contributed by atoms with Crippen LogP contribution in [0.1, 0.15) is 43.7 Å². The first-order valence-corrected chi connectivity index (χ1v) is 8.53. The van der Waals surface area contributed by atoms with Gasteiger partial charge in [-0.15, -0.1) is 0 Å². The van der Waals surface area contributed by atoms with Gasteiger partial charge in [0.1, 0.15) is 0 Å². The number of amides is 1. The zero-order valence-corrected chi connectivity index (χ0v) is 13.9. The van der Waals surface area contributed by atoms with Crippen LogP contribution in [0.2, 0.25) is 0 Å². The van der Waals surface area contributed by atoms with Crippen molar-refractivity contribution in [3.63, 3.8) is 0 Å². The van der Waals surface area contributed by atoms with E-state index in [4.69, 9.17) is 0 Å². The van der Waals surface area contributed by atoms with E-state index >= 15 is 0 Å². The lowest BCUT2D eigenvalue weighted by Gasteiger charge is -2.30. The Hall–Kier alpha value is -1.61. The van der Waals surface area contributed by atoms with Crippen molar-refractivity contribution in [1.29, 1.82) is 0 Å². The summed E-state index contributed by atoms with van der Waals surface area (Å²) in [4.78, 5) is 13.5. The number of aryl methyl sites for hydroxylation is 1. The third-order valence-corrected chi connectivity index (χ3v) is 4.66. The van der Waals surface area contributed by atoms with Gasteiger partial charge in [0.2, 0.25) is 5.91 Å². The summed E-state index contributed by atoms with van der Waals surface area (Å²) in [5.74, 6) is 0.00458. The molecule has 0 aliphatic carbocycles. The lowest BCUT2D eigenvalue weighted by atomic mass is 10.0. The number of piperidine rings is 1.